The molecule has 17 heavy (non-hydrogen) atoms. The predicted molar refractivity (Wildman–Crippen MR) is 62.4 cm³/mol. The first-order valence-electron chi connectivity index (χ1n) is 5.76. The van der Waals surface area contributed by atoms with E-state index in [1.807, 2.05) is 6.92 Å². The summed E-state index contributed by atoms with van der Waals surface area (Å²) in [6.45, 7) is 3.61. The fraction of sp³-hybridized carbons (Fsp3) is 0.538. The van der Waals surface area contributed by atoms with Gasteiger partial charge in [0.1, 0.15) is 5.75 Å². The van der Waals surface area contributed by atoms with Crippen molar-refractivity contribution in [3.05, 3.63) is 28.8 Å². The number of halogens is 2. The van der Waals surface area contributed by atoms with E-state index >= 15 is 0 Å². The molecule has 0 aliphatic heterocycles. The summed E-state index contributed by atoms with van der Waals surface area (Å²) in [5, 5.41) is 9.97. The number of aromatic hydroxyl groups is 1. The lowest BCUT2D eigenvalue weighted by molar-refractivity contribution is 0.147. The van der Waals surface area contributed by atoms with Crippen LogP contribution in [0.4, 0.5) is 8.78 Å². The second-order valence-corrected chi connectivity index (χ2v) is 5.00. The molecule has 1 aromatic rings. The average molecular weight is 241 g/mol. The maximum absolute atomic E-state index is 12.8. The van der Waals surface area contributed by atoms with E-state index in [1.54, 1.807) is 13.0 Å². The van der Waals surface area contributed by atoms with Gasteiger partial charge >= 0.3 is 0 Å². The van der Waals surface area contributed by atoms with E-state index in [0.717, 1.165) is 18.4 Å². The van der Waals surface area contributed by atoms with Crippen LogP contribution in [0.25, 0.3) is 0 Å². The van der Waals surface area contributed by atoms with Crippen LogP contribution in [0.2, 0.25) is 0 Å². The van der Waals surface area contributed by atoms with Crippen LogP contribution in [0.15, 0.2) is 12.1 Å². The van der Waals surface area contributed by atoms with E-state index in [-0.39, 0.29) is 22.8 Å². The van der Waals surface area contributed by atoms with Crippen LogP contribution in [0, 0.1) is 6.92 Å². The van der Waals surface area contributed by atoms with Gasteiger partial charge in [-0.2, -0.15) is 0 Å². The van der Waals surface area contributed by atoms with Crippen LogP contribution in [0.1, 0.15) is 42.9 Å². The Morgan fingerprint density at radius 2 is 1.94 bits per heavy atom. The van der Waals surface area contributed by atoms with Gasteiger partial charge < -0.3 is 10.8 Å². The Morgan fingerprint density at radius 3 is 2.35 bits per heavy atom. The summed E-state index contributed by atoms with van der Waals surface area (Å²) >= 11 is 0. The molecule has 1 saturated carbocycles. The lowest BCUT2D eigenvalue weighted by atomic mass is 9.86. The average Bonchev–Trinajstić information content (AvgIpc) is 3.01. The zero-order valence-electron chi connectivity index (χ0n) is 10.0. The fourth-order valence-electron chi connectivity index (χ4n) is 2.46. The Morgan fingerprint density at radius 1 is 1.35 bits per heavy atom. The third-order valence-electron chi connectivity index (χ3n) is 3.72. The summed E-state index contributed by atoms with van der Waals surface area (Å²) in [4.78, 5) is 0. The third kappa shape index (κ3) is 1.90. The van der Waals surface area contributed by atoms with E-state index in [0.29, 0.717) is 5.56 Å². The second-order valence-electron chi connectivity index (χ2n) is 5.00. The van der Waals surface area contributed by atoms with Crippen molar-refractivity contribution in [1.82, 2.24) is 0 Å². The molecule has 2 nitrogen and oxygen atoms in total. The molecular formula is C13H17F2NO. The second kappa shape index (κ2) is 3.95. The summed E-state index contributed by atoms with van der Waals surface area (Å²) < 4.78 is 25.6. The van der Waals surface area contributed by atoms with Crippen LogP contribution < -0.4 is 5.73 Å². The summed E-state index contributed by atoms with van der Waals surface area (Å²) in [5.74, 6) is -0.277. The van der Waals surface area contributed by atoms with Gasteiger partial charge in [-0.05, 0) is 32.8 Å². The van der Waals surface area contributed by atoms with E-state index < -0.39 is 6.43 Å². The number of alkyl halides is 2. The standard InChI is InChI=1S/C13H17F2NO/c1-7-5-9(12(14)15)11(17)10(6-7)13(3-4-13)8(2)16/h5-6,8,12,17H,3-4,16H2,1-2H3. The monoisotopic (exact) mass is 241 g/mol. The molecule has 3 N–H and O–H groups in total. The van der Waals surface area contributed by atoms with Crippen LogP contribution >= 0.6 is 0 Å². The number of rotatable bonds is 3. The lowest BCUT2D eigenvalue weighted by Gasteiger charge is -2.23. The number of phenols is 1. The summed E-state index contributed by atoms with van der Waals surface area (Å²) in [5.41, 5.74) is 6.64. The van der Waals surface area contributed by atoms with Crippen molar-refractivity contribution in [2.75, 3.05) is 0 Å². The Hall–Kier alpha value is -1.16. The number of hydrogen-bond acceptors (Lipinski definition) is 2. The molecule has 94 valence electrons. The highest BCUT2D eigenvalue weighted by Gasteiger charge is 2.49. The molecule has 0 spiro atoms. The Bertz CT molecular complexity index is 439. The Kier molecular flexibility index (Phi) is 2.86. The topological polar surface area (TPSA) is 46.2 Å². The van der Waals surface area contributed by atoms with Crippen molar-refractivity contribution in [3.8, 4) is 5.75 Å². The lowest BCUT2D eigenvalue weighted by Crippen LogP contribution is -2.31. The van der Waals surface area contributed by atoms with Gasteiger partial charge in [-0.25, -0.2) is 8.78 Å². The number of phenolic OH excluding ortho intramolecular Hbond substituents is 1. The van der Waals surface area contributed by atoms with Gasteiger partial charge in [-0.3, -0.25) is 0 Å². The fourth-order valence-corrected chi connectivity index (χ4v) is 2.46. The molecule has 0 aromatic heterocycles. The van der Waals surface area contributed by atoms with E-state index in [9.17, 15) is 13.9 Å². The van der Waals surface area contributed by atoms with E-state index in [4.69, 9.17) is 5.73 Å². The minimum atomic E-state index is -2.66. The molecule has 0 heterocycles. The molecular weight excluding hydrogens is 224 g/mol. The van der Waals surface area contributed by atoms with Crippen molar-refractivity contribution in [1.29, 1.82) is 0 Å². The van der Waals surface area contributed by atoms with E-state index in [1.165, 1.54) is 6.07 Å². The highest BCUT2D eigenvalue weighted by molar-refractivity contribution is 5.51. The third-order valence-corrected chi connectivity index (χ3v) is 3.72. The minimum Gasteiger partial charge on any atom is -0.507 e. The first-order chi connectivity index (χ1) is 7.88. The molecule has 0 radical (unpaired) electrons. The minimum absolute atomic E-state index is 0.138. The van der Waals surface area contributed by atoms with Gasteiger partial charge in [0.25, 0.3) is 6.43 Å². The van der Waals surface area contributed by atoms with Gasteiger partial charge in [0.2, 0.25) is 0 Å². The maximum atomic E-state index is 12.8. The predicted octanol–water partition coefficient (Wildman–Crippen LogP) is 3.02. The first-order valence-corrected chi connectivity index (χ1v) is 5.76. The molecule has 0 saturated heterocycles. The van der Waals surface area contributed by atoms with Gasteiger partial charge in [0.05, 0.1) is 5.56 Å². The largest absolute Gasteiger partial charge is 0.507 e. The molecule has 1 unspecified atom stereocenters. The molecule has 0 bridgehead atoms. The van der Waals surface area contributed by atoms with Crippen molar-refractivity contribution < 1.29 is 13.9 Å². The van der Waals surface area contributed by atoms with Crippen molar-refractivity contribution in [2.45, 2.75) is 44.6 Å². The number of hydrogen-bond donors (Lipinski definition) is 2. The molecule has 1 aromatic carbocycles. The van der Waals surface area contributed by atoms with Gasteiger partial charge in [0.15, 0.2) is 0 Å². The molecule has 1 aliphatic rings. The van der Waals surface area contributed by atoms with Crippen LogP contribution in [0.5, 0.6) is 5.75 Å². The molecule has 4 heteroatoms. The summed E-state index contributed by atoms with van der Waals surface area (Å²) in [6.07, 6.45) is -0.952. The van der Waals surface area contributed by atoms with Crippen LogP contribution in [0.3, 0.4) is 0 Å². The van der Waals surface area contributed by atoms with Gasteiger partial charge in [-0.1, -0.05) is 11.6 Å². The molecule has 1 fully saturated rings. The van der Waals surface area contributed by atoms with Gasteiger partial charge in [0, 0.05) is 17.0 Å². The van der Waals surface area contributed by atoms with Crippen molar-refractivity contribution >= 4 is 0 Å². The highest BCUT2D eigenvalue weighted by atomic mass is 19.3. The van der Waals surface area contributed by atoms with Crippen LogP contribution in [-0.4, -0.2) is 11.1 Å². The molecule has 0 amide bonds. The van der Waals surface area contributed by atoms with E-state index in [2.05, 4.69) is 0 Å². The molecule has 1 aliphatic carbocycles. The number of benzene rings is 1. The Balaban J connectivity index is 2.55. The maximum Gasteiger partial charge on any atom is 0.267 e. The van der Waals surface area contributed by atoms with Crippen molar-refractivity contribution in [3.63, 3.8) is 0 Å². The summed E-state index contributed by atoms with van der Waals surface area (Å²) in [7, 11) is 0. The first kappa shape index (κ1) is 12.3. The number of nitrogens with two attached hydrogens (primary N) is 1. The highest BCUT2D eigenvalue weighted by Crippen LogP contribution is 2.54. The zero-order valence-corrected chi connectivity index (χ0v) is 10.0. The Labute approximate surface area is 99.4 Å². The smallest absolute Gasteiger partial charge is 0.267 e. The zero-order chi connectivity index (χ0) is 12.8. The number of aryl methyl sites for hydroxylation is 1. The molecule has 1 atom stereocenters. The SMILES string of the molecule is Cc1cc(C(F)F)c(O)c(C2(C(C)N)CC2)c1. The summed E-state index contributed by atoms with van der Waals surface area (Å²) in [6, 6.07) is 2.97. The van der Waals surface area contributed by atoms with Gasteiger partial charge in [-0.15, -0.1) is 0 Å². The normalized spacial score (nSPS) is 19.4. The quantitative estimate of drug-likeness (QED) is 0.854. The van der Waals surface area contributed by atoms with Crippen LogP contribution in [-0.2, 0) is 5.41 Å². The van der Waals surface area contributed by atoms with Crippen molar-refractivity contribution in [2.24, 2.45) is 5.73 Å². The molecule has 2 rings (SSSR count).